The first-order valence-electron chi connectivity index (χ1n) is 5.22. The first-order valence-corrected chi connectivity index (χ1v) is 5.22. The predicted octanol–water partition coefficient (Wildman–Crippen LogP) is 1.71. The van der Waals surface area contributed by atoms with Gasteiger partial charge >= 0.3 is 0 Å². The van der Waals surface area contributed by atoms with E-state index in [9.17, 15) is 0 Å². The van der Waals surface area contributed by atoms with Crippen LogP contribution in [0.5, 0.6) is 0 Å². The Hall–Kier alpha value is -1.71. The van der Waals surface area contributed by atoms with Crippen LogP contribution in [0, 0.1) is 5.41 Å². The third kappa shape index (κ3) is 2.40. The zero-order valence-electron chi connectivity index (χ0n) is 8.66. The number of anilines is 2. The minimum Gasteiger partial charge on any atom is -0.399 e. The van der Waals surface area contributed by atoms with E-state index in [1.54, 1.807) is 0 Å². The molecule has 0 aromatic heterocycles. The number of guanidine groups is 1. The third-order valence-electron chi connectivity index (χ3n) is 2.57. The SMILES string of the molecule is N=C(Nc1cccc(N)c1)N1CCCC1. The summed E-state index contributed by atoms with van der Waals surface area (Å²) in [5.41, 5.74) is 7.26. The molecule has 4 heteroatoms. The van der Waals surface area contributed by atoms with Crippen LogP contribution in [-0.4, -0.2) is 23.9 Å². The smallest absolute Gasteiger partial charge is 0.195 e. The highest BCUT2D eigenvalue weighted by Gasteiger charge is 2.14. The largest absolute Gasteiger partial charge is 0.399 e. The lowest BCUT2D eigenvalue weighted by Gasteiger charge is -2.19. The van der Waals surface area contributed by atoms with Gasteiger partial charge in [-0.15, -0.1) is 0 Å². The zero-order valence-corrected chi connectivity index (χ0v) is 8.66. The fourth-order valence-corrected chi connectivity index (χ4v) is 1.77. The molecular weight excluding hydrogens is 188 g/mol. The second-order valence-corrected chi connectivity index (χ2v) is 3.79. The highest BCUT2D eigenvalue weighted by atomic mass is 15.3. The molecule has 0 bridgehead atoms. The minimum absolute atomic E-state index is 0.470. The molecule has 1 aliphatic rings. The van der Waals surface area contributed by atoms with Gasteiger partial charge in [0.2, 0.25) is 0 Å². The molecule has 1 saturated heterocycles. The Bertz CT molecular complexity index is 355. The number of rotatable bonds is 1. The maximum absolute atomic E-state index is 7.87. The quantitative estimate of drug-likeness (QED) is 0.370. The summed E-state index contributed by atoms with van der Waals surface area (Å²) in [6, 6.07) is 7.48. The summed E-state index contributed by atoms with van der Waals surface area (Å²) in [5.74, 6) is 0.470. The molecule has 2 rings (SSSR count). The van der Waals surface area contributed by atoms with E-state index in [2.05, 4.69) is 5.32 Å². The van der Waals surface area contributed by atoms with Gasteiger partial charge in [0.05, 0.1) is 0 Å². The second kappa shape index (κ2) is 4.21. The number of nitrogens with two attached hydrogens (primary N) is 1. The number of nitrogens with zero attached hydrogens (tertiary/aromatic N) is 1. The first-order chi connectivity index (χ1) is 7.25. The summed E-state index contributed by atoms with van der Waals surface area (Å²) >= 11 is 0. The molecule has 15 heavy (non-hydrogen) atoms. The van der Waals surface area contributed by atoms with E-state index in [0.29, 0.717) is 11.6 Å². The summed E-state index contributed by atoms with van der Waals surface area (Å²) in [5, 5.41) is 10.9. The summed E-state index contributed by atoms with van der Waals surface area (Å²) in [7, 11) is 0. The average molecular weight is 204 g/mol. The lowest BCUT2D eigenvalue weighted by Crippen LogP contribution is -2.32. The van der Waals surface area contributed by atoms with E-state index in [-0.39, 0.29) is 0 Å². The van der Waals surface area contributed by atoms with E-state index >= 15 is 0 Å². The van der Waals surface area contributed by atoms with Crippen molar-refractivity contribution in [3.8, 4) is 0 Å². The van der Waals surface area contributed by atoms with Crippen LogP contribution in [0.1, 0.15) is 12.8 Å². The highest BCUT2D eigenvalue weighted by Crippen LogP contribution is 2.14. The first kappa shape index (κ1) is 9.83. The van der Waals surface area contributed by atoms with E-state index in [4.69, 9.17) is 11.1 Å². The van der Waals surface area contributed by atoms with Gasteiger partial charge in [-0.25, -0.2) is 0 Å². The van der Waals surface area contributed by atoms with Crippen molar-refractivity contribution < 1.29 is 0 Å². The van der Waals surface area contributed by atoms with Crippen LogP contribution >= 0.6 is 0 Å². The van der Waals surface area contributed by atoms with E-state index in [1.165, 1.54) is 12.8 Å². The molecule has 4 nitrogen and oxygen atoms in total. The van der Waals surface area contributed by atoms with Gasteiger partial charge in [0.25, 0.3) is 0 Å². The maximum atomic E-state index is 7.87. The van der Waals surface area contributed by atoms with E-state index in [0.717, 1.165) is 18.8 Å². The molecule has 0 unspecified atom stereocenters. The molecule has 1 aromatic carbocycles. The van der Waals surface area contributed by atoms with Gasteiger partial charge in [-0.2, -0.15) is 0 Å². The normalized spacial score (nSPS) is 15.3. The zero-order chi connectivity index (χ0) is 10.7. The summed E-state index contributed by atoms with van der Waals surface area (Å²) in [6.45, 7) is 1.96. The van der Waals surface area contributed by atoms with Gasteiger partial charge in [0, 0.05) is 24.5 Å². The lowest BCUT2D eigenvalue weighted by atomic mass is 10.3. The molecule has 0 radical (unpaired) electrons. The Morgan fingerprint density at radius 3 is 2.73 bits per heavy atom. The van der Waals surface area contributed by atoms with Gasteiger partial charge in [-0.3, -0.25) is 5.41 Å². The van der Waals surface area contributed by atoms with Crippen molar-refractivity contribution in [2.75, 3.05) is 24.1 Å². The van der Waals surface area contributed by atoms with Crippen molar-refractivity contribution in [3.05, 3.63) is 24.3 Å². The van der Waals surface area contributed by atoms with Crippen LogP contribution in [0.2, 0.25) is 0 Å². The summed E-state index contributed by atoms with van der Waals surface area (Å²) < 4.78 is 0. The van der Waals surface area contributed by atoms with Crippen molar-refractivity contribution in [1.29, 1.82) is 5.41 Å². The topological polar surface area (TPSA) is 65.1 Å². The van der Waals surface area contributed by atoms with E-state index in [1.807, 2.05) is 29.2 Å². The van der Waals surface area contributed by atoms with Crippen LogP contribution < -0.4 is 11.1 Å². The highest BCUT2D eigenvalue weighted by molar-refractivity contribution is 5.91. The Morgan fingerprint density at radius 2 is 2.07 bits per heavy atom. The number of nitrogen functional groups attached to an aromatic ring is 1. The molecule has 4 N–H and O–H groups in total. The van der Waals surface area contributed by atoms with Crippen LogP contribution in [0.15, 0.2) is 24.3 Å². The van der Waals surface area contributed by atoms with Crippen LogP contribution in [0.25, 0.3) is 0 Å². The van der Waals surface area contributed by atoms with Gasteiger partial charge in [-0.05, 0) is 31.0 Å². The number of benzene rings is 1. The second-order valence-electron chi connectivity index (χ2n) is 3.79. The predicted molar refractivity (Wildman–Crippen MR) is 63.0 cm³/mol. The molecule has 0 spiro atoms. The average Bonchev–Trinajstić information content (AvgIpc) is 2.70. The van der Waals surface area contributed by atoms with Gasteiger partial charge in [0.15, 0.2) is 5.96 Å². The Kier molecular flexibility index (Phi) is 2.76. The summed E-state index contributed by atoms with van der Waals surface area (Å²) in [4.78, 5) is 2.04. The fourth-order valence-electron chi connectivity index (χ4n) is 1.77. The maximum Gasteiger partial charge on any atom is 0.195 e. The van der Waals surface area contributed by atoms with Crippen molar-refractivity contribution in [2.45, 2.75) is 12.8 Å². The lowest BCUT2D eigenvalue weighted by molar-refractivity contribution is 0.514. The molecule has 80 valence electrons. The van der Waals surface area contributed by atoms with Gasteiger partial charge in [0.1, 0.15) is 0 Å². The Labute approximate surface area is 89.6 Å². The van der Waals surface area contributed by atoms with Crippen molar-refractivity contribution >= 4 is 17.3 Å². The van der Waals surface area contributed by atoms with Gasteiger partial charge in [-0.1, -0.05) is 6.07 Å². The van der Waals surface area contributed by atoms with Crippen LogP contribution in [0.4, 0.5) is 11.4 Å². The van der Waals surface area contributed by atoms with Crippen molar-refractivity contribution in [2.24, 2.45) is 0 Å². The molecule has 0 saturated carbocycles. The number of nitrogens with one attached hydrogen (secondary N) is 2. The molecule has 0 atom stereocenters. The molecule has 1 fully saturated rings. The fraction of sp³-hybridized carbons (Fsp3) is 0.364. The van der Waals surface area contributed by atoms with Gasteiger partial charge < -0.3 is 16.0 Å². The molecule has 1 heterocycles. The monoisotopic (exact) mass is 204 g/mol. The van der Waals surface area contributed by atoms with Crippen LogP contribution in [-0.2, 0) is 0 Å². The van der Waals surface area contributed by atoms with Crippen molar-refractivity contribution in [1.82, 2.24) is 4.90 Å². The molecule has 1 aromatic rings. The molecule has 0 aliphatic carbocycles. The Balaban J connectivity index is 1.99. The molecule has 0 amide bonds. The Morgan fingerprint density at radius 1 is 1.33 bits per heavy atom. The number of likely N-dealkylation sites (tertiary alicyclic amines) is 1. The molecular formula is C11H16N4. The molecule has 1 aliphatic heterocycles. The van der Waals surface area contributed by atoms with E-state index < -0.39 is 0 Å². The number of hydrogen-bond acceptors (Lipinski definition) is 2. The van der Waals surface area contributed by atoms with Crippen LogP contribution in [0.3, 0.4) is 0 Å². The standard InChI is InChI=1S/C11H16N4/c12-9-4-3-5-10(8-9)14-11(13)15-6-1-2-7-15/h3-5,8H,1-2,6-7,12H2,(H2,13,14). The van der Waals surface area contributed by atoms with Crippen molar-refractivity contribution in [3.63, 3.8) is 0 Å². The third-order valence-corrected chi connectivity index (χ3v) is 2.57. The summed E-state index contributed by atoms with van der Waals surface area (Å²) in [6.07, 6.45) is 2.36. The minimum atomic E-state index is 0.470. The number of hydrogen-bond donors (Lipinski definition) is 3.